The van der Waals surface area contributed by atoms with Crippen molar-refractivity contribution in [1.29, 1.82) is 0 Å². The number of fused-ring (bicyclic) bond motifs is 1. The van der Waals surface area contributed by atoms with Gasteiger partial charge in [-0.25, -0.2) is 4.39 Å². The molecular weight excluding hydrogens is 233 g/mol. The van der Waals surface area contributed by atoms with Crippen LogP contribution in [0.15, 0.2) is 53.6 Å². The molecule has 2 aromatic rings. The van der Waals surface area contributed by atoms with Gasteiger partial charge in [-0.1, -0.05) is 24.3 Å². The van der Waals surface area contributed by atoms with Gasteiger partial charge in [0.25, 0.3) is 0 Å². The fourth-order valence-electron chi connectivity index (χ4n) is 2.01. The van der Waals surface area contributed by atoms with Crippen LogP contribution in [0.1, 0.15) is 12.5 Å². The molecule has 1 N–H and O–H groups in total. The number of benzene rings is 1. The third-order valence-electron chi connectivity index (χ3n) is 2.96. The van der Waals surface area contributed by atoms with Gasteiger partial charge in [0.1, 0.15) is 0 Å². The predicted octanol–water partition coefficient (Wildman–Crippen LogP) is 4.09. The minimum Gasteiger partial charge on any atom is -0.352 e. The van der Waals surface area contributed by atoms with Crippen molar-refractivity contribution in [2.24, 2.45) is 0 Å². The number of rotatable bonds is 1. The normalized spacial score (nSPS) is 23.5. The van der Waals surface area contributed by atoms with E-state index in [2.05, 4.69) is 5.32 Å². The maximum absolute atomic E-state index is 14.8. The molecule has 1 nitrogen and oxygen atoms in total. The number of nitrogens with one attached hydrogen (secondary N) is 1. The van der Waals surface area contributed by atoms with Gasteiger partial charge in [0.15, 0.2) is 0 Å². The summed E-state index contributed by atoms with van der Waals surface area (Å²) in [5, 5.41) is 5.91. The van der Waals surface area contributed by atoms with E-state index in [4.69, 9.17) is 0 Å². The van der Waals surface area contributed by atoms with Crippen LogP contribution in [-0.4, -0.2) is 0 Å². The van der Waals surface area contributed by atoms with E-state index in [1.54, 1.807) is 23.6 Å². The Morgan fingerprint density at radius 3 is 2.94 bits per heavy atom. The van der Waals surface area contributed by atoms with Gasteiger partial charge < -0.3 is 5.32 Å². The van der Waals surface area contributed by atoms with E-state index in [1.807, 2.05) is 42.6 Å². The molecule has 1 aromatic carbocycles. The third-order valence-corrected chi connectivity index (χ3v) is 3.92. The van der Waals surface area contributed by atoms with Crippen LogP contribution in [0.3, 0.4) is 0 Å². The molecule has 1 aliphatic rings. The molecule has 3 rings (SSSR count). The Kier molecular flexibility index (Phi) is 2.30. The van der Waals surface area contributed by atoms with Crippen molar-refractivity contribution in [3.63, 3.8) is 0 Å². The fraction of sp³-hybridized carbons (Fsp3) is 0.143. The molecule has 2 heterocycles. The first kappa shape index (κ1) is 10.5. The van der Waals surface area contributed by atoms with Crippen LogP contribution in [0, 0.1) is 0 Å². The molecule has 0 saturated carbocycles. The third kappa shape index (κ3) is 1.67. The molecule has 86 valence electrons. The fourth-order valence-corrected chi connectivity index (χ4v) is 2.97. The summed E-state index contributed by atoms with van der Waals surface area (Å²) in [6.07, 6.45) is 5.10. The highest BCUT2D eigenvalue weighted by Crippen LogP contribution is 2.35. The van der Waals surface area contributed by atoms with Crippen LogP contribution in [0.25, 0.3) is 10.1 Å². The highest BCUT2D eigenvalue weighted by molar-refractivity contribution is 7.17. The number of hydrogen-bond acceptors (Lipinski definition) is 2. The van der Waals surface area contributed by atoms with Gasteiger partial charge in [-0.15, -0.1) is 11.3 Å². The van der Waals surface area contributed by atoms with Crippen molar-refractivity contribution >= 4 is 21.4 Å². The molecule has 1 aromatic heterocycles. The molecule has 0 amide bonds. The molecule has 1 atom stereocenters. The zero-order valence-corrected chi connectivity index (χ0v) is 10.2. The molecule has 0 saturated heterocycles. The lowest BCUT2D eigenvalue weighted by atomic mass is 9.99. The Morgan fingerprint density at radius 1 is 1.29 bits per heavy atom. The maximum atomic E-state index is 14.8. The molecule has 0 fully saturated rings. The Labute approximate surface area is 103 Å². The van der Waals surface area contributed by atoms with E-state index >= 15 is 0 Å². The summed E-state index contributed by atoms with van der Waals surface area (Å²) >= 11 is 1.57. The second-order valence-electron chi connectivity index (χ2n) is 4.22. The lowest BCUT2D eigenvalue weighted by molar-refractivity contribution is 0.201. The summed E-state index contributed by atoms with van der Waals surface area (Å²) < 4.78 is 15.8. The van der Waals surface area contributed by atoms with Gasteiger partial charge in [-0.2, -0.15) is 0 Å². The summed E-state index contributed by atoms with van der Waals surface area (Å²) in [4.78, 5) is 0. The van der Waals surface area contributed by atoms with E-state index in [0.29, 0.717) is 5.56 Å². The zero-order chi connectivity index (χ0) is 11.9. The van der Waals surface area contributed by atoms with Crippen LogP contribution in [0.4, 0.5) is 4.39 Å². The minimum absolute atomic E-state index is 0.685. The number of alkyl halides is 1. The zero-order valence-electron chi connectivity index (χ0n) is 9.41. The van der Waals surface area contributed by atoms with Gasteiger partial charge in [-0.05, 0) is 35.4 Å². The van der Waals surface area contributed by atoms with Crippen molar-refractivity contribution in [2.45, 2.75) is 12.7 Å². The van der Waals surface area contributed by atoms with Gasteiger partial charge in [0.05, 0.1) is 0 Å². The van der Waals surface area contributed by atoms with E-state index in [0.717, 1.165) is 15.7 Å². The summed E-state index contributed by atoms with van der Waals surface area (Å²) in [6, 6.07) is 7.75. The smallest absolute Gasteiger partial charge is 0.226 e. The Bertz CT molecular complexity index is 626. The SMILES string of the molecule is CC1=CNC(F)(c2cccc3ccsc23)C=C1. The Hall–Kier alpha value is -1.61. The molecule has 0 bridgehead atoms. The van der Waals surface area contributed by atoms with Crippen LogP contribution < -0.4 is 5.32 Å². The van der Waals surface area contributed by atoms with Crippen molar-refractivity contribution in [3.8, 4) is 0 Å². The van der Waals surface area contributed by atoms with E-state index in [1.165, 1.54) is 0 Å². The highest BCUT2D eigenvalue weighted by Gasteiger charge is 2.31. The number of hydrogen-bond donors (Lipinski definition) is 1. The Balaban J connectivity index is 2.16. The van der Waals surface area contributed by atoms with Crippen LogP contribution >= 0.6 is 11.3 Å². The first-order valence-electron chi connectivity index (χ1n) is 5.48. The predicted molar refractivity (Wildman–Crippen MR) is 70.6 cm³/mol. The Morgan fingerprint density at radius 2 is 2.18 bits per heavy atom. The van der Waals surface area contributed by atoms with Gasteiger partial charge in [-0.3, -0.25) is 0 Å². The number of halogens is 1. The summed E-state index contributed by atoms with van der Waals surface area (Å²) in [7, 11) is 0. The lowest BCUT2D eigenvalue weighted by Crippen LogP contribution is -2.34. The van der Waals surface area contributed by atoms with Crippen molar-refractivity contribution < 1.29 is 4.39 Å². The van der Waals surface area contributed by atoms with Crippen LogP contribution in [0.5, 0.6) is 0 Å². The molecule has 1 aliphatic heterocycles. The van der Waals surface area contributed by atoms with Gasteiger partial charge >= 0.3 is 0 Å². The monoisotopic (exact) mass is 245 g/mol. The number of allylic oxidation sites excluding steroid dienone is 2. The summed E-state index contributed by atoms with van der Waals surface area (Å²) in [6.45, 7) is 1.94. The molecule has 1 unspecified atom stereocenters. The minimum atomic E-state index is -1.59. The summed E-state index contributed by atoms with van der Waals surface area (Å²) in [5.41, 5.74) is 1.71. The van der Waals surface area contributed by atoms with E-state index in [9.17, 15) is 4.39 Å². The van der Waals surface area contributed by atoms with Crippen molar-refractivity contribution in [2.75, 3.05) is 0 Å². The van der Waals surface area contributed by atoms with E-state index in [-0.39, 0.29) is 0 Å². The van der Waals surface area contributed by atoms with Crippen molar-refractivity contribution in [1.82, 2.24) is 5.32 Å². The molecular formula is C14H12FNS. The first-order valence-corrected chi connectivity index (χ1v) is 6.36. The largest absolute Gasteiger partial charge is 0.352 e. The topological polar surface area (TPSA) is 12.0 Å². The summed E-state index contributed by atoms with van der Waals surface area (Å²) in [5.74, 6) is -1.59. The second-order valence-corrected chi connectivity index (χ2v) is 5.14. The molecule has 0 aliphatic carbocycles. The van der Waals surface area contributed by atoms with Crippen LogP contribution in [0.2, 0.25) is 0 Å². The van der Waals surface area contributed by atoms with Crippen molar-refractivity contribution in [3.05, 3.63) is 59.1 Å². The molecule has 17 heavy (non-hydrogen) atoms. The number of dihydropyridines is 1. The molecule has 3 heteroatoms. The highest BCUT2D eigenvalue weighted by atomic mass is 32.1. The second kappa shape index (κ2) is 3.70. The van der Waals surface area contributed by atoms with Crippen LogP contribution in [-0.2, 0) is 5.79 Å². The maximum Gasteiger partial charge on any atom is 0.226 e. The number of thiophene rings is 1. The first-order chi connectivity index (χ1) is 8.19. The quantitative estimate of drug-likeness (QED) is 0.746. The average molecular weight is 245 g/mol. The van der Waals surface area contributed by atoms with Gasteiger partial charge in [0, 0.05) is 16.5 Å². The molecule has 0 radical (unpaired) electrons. The molecule has 0 spiro atoms. The average Bonchev–Trinajstić information content (AvgIpc) is 2.81. The lowest BCUT2D eigenvalue weighted by Gasteiger charge is -2.26. The van der Waals surface area contributed by atoms with Gasteiger partial charge in [0.2, 0.25) is 5.79 Å². The standard InChI is InChI=1S/C14H12FNS/c1-10-5-7-14(15,16-9-10)12-4-2-3-11-6-8-17-13(11)12/h2-9,16H,1H3. The van der Waals surface area contributed by atoms with E-state index < -0.39 is 5.79 Å².